The third kappa shape index (κ3) is 1.94. The fourth-order valence-corrected chi connectivity index (χ4v) is 1.13. The molecule has 0 bridgehead atoms. The molecule has 0 aliphatic carbocycles. The minimum absolute atomic E-state index is 0.0246. The van der Waals surface area contributed by atoms with Crippen LogP contribution in [0.2, 0.25) is 0 Å². The van der Waals surface area contributed by atoms with E-state index >= 15 is 0 Å². The van der Waals surface area contributed by atoms with Crippen molar-refractivity contribution in [1.82, 2.24) is 5.32 Å². The van der Waals surface area contributed by atoms with Crippen molar-refractivity contribution in [1.29, 1.82) is 0 Å². The number of hydrogen-bond acceptors (Lipinski definition) is 3. The van der Waals surface area contributed by atoms with Crippen LogP contribution in [0.5, 0.6) is 0 Å². The summed E-state index contributed by atoms with van der Waals surface area (Å²) in [6.07, 6.45) is 2.37. The van der Waals surface area contributed by atoms with E-state index < -0.39 is 0 Å². The Kier molecular flexibility index (Phi) is 3.12. The third-order valence-corrected chi connectivity index (χ3v) is 1.68. The molecule has 3 nitrogen and oxygen atoms in total. The second kappa shape index (κ2) is 3.91. The number of hydrogen-bond donors (Lipinski definition) is 2. The zero-order valence-electron chi connectivity index (χ0n) is 6.34. The van der Waals surface area contributed by atoms with Crippen LogP contribution in [0.15, 0.2) is 0 Å². The Hall–Kier alpha value is -0.120. The average Bonchev–Trinajstić information content (AvgIpc) is 2.37. The largest absolute Gasteiger partial charge is 0.394 e. The van der Waals surface area contributed by atoms with Gasteiger partial charge in [0.2, 0.25) is 0 Å². The Morgan fingerprint density at radius 1 is 1.70 bits per heavy atom. The average molecular weight is 145 g/mol. The monoisotopic (exact) mass is 145 g/mol. The van der Waals surface area contributed by atoms with Crippen LogP contribution in [0, 0.1) is 0 Å². The lowest BCUT2D eigenvalue weighted by atomic mass is 10.3. The maximum atomic E-state index is 8.69. The number of aliphatic hydroxyl groups is 1. The summed E-state index contributed by atoms with van der Waals surface area (Å²) in [6, 6.07) is 0. The Bertz CT molecular complexity index is 97.6. The number of rotatable bonds is 3. The molecule has 0 amide bonds. The van der Waals surface area contributed by atoms with Crippen LogP contribution in [0.3, 0.4) is 0 Å². The van der Waals surface area contributed by atoms with Crippen molar-refractivity contribution in [3.63, 3.8) is 0 Å². The Labute approximate surface area is 61.4 Å². The van der Waals surface area contributed by atoms with Crippen LogP contribution in [-0.4, -0.2) is 30.6 Å². The first-order valence-electron chi connectivity index (χ1n) is 3.86. The number of aliphatic hydroxyl groups excluding tert-OH is 1. The highest BCUT2D eigenvalue weighted by molar-refractivity contribution is 4.71. The third-order valence-electron chi connectivity index (χ3n) is 1.68. The van der Waals surface area contributed by atoms with Crippen molar-refractivity contribution in [3.05, 3.63) is 0 Å². The lowest BCUT2D eigenvalue weighted by molar-refractivity contribution is 0.00717. The molecule has 10 heavy (non-hydrogen) atoms. The van der Waals surface area contributed by atoms with Crippen LogP contribution < -0.4 is 5.32 Å². The fraction of sp³-hybridized carbons (Fsp3) is 1.00. The molecule has 1 aliphatic rings. The highest BCUT2D eigenvalue weighted by Crippen LogP contribution is 2.08. The topological polar surface area (TPSA) is 41.5 Å². The molecule has 1 fully saturated rings. The molecule has 1 aliphatic heterocycles. The second-order valence-corrected chi connectivity index (χ2v) is 2.63. The van der Waals surface area contributed by atoms with Crippen molar-refractivity contribution in [2.45, 2.75) is 32.1 Å². The molecule has 2 unspecified atom stereocenters. The molecule has 0 saturated carbocycles. The first-order valence-corrected chi connectivity index (χ1v) is 3.86. The van der Waals surface area contributed by atoms with Crippen molar-refractivity contribution in [3.8, 4) is 0 Å². The van der Waals surface area contributed by atoms with E-state index in [9.17, 15) is 0 Å². The Morgan fingerprint density at radius 2 is 2.50 bits per heavy atom. The first-order chi connectivity index (χ1) is 4.86. The lowest BCUT2D eigenvalue weighted by Crippen LogP contribution is -2.21. The quantitative estimate of drug-likeness (QED) is 0.591. The van der Waals surface area contributed by atoms with Gasteiger partial charge in [-0.15, -0.1) is 0 Å². The van der Waals surface area contributed by atoms with Crippen molar-refractivity contribution in [2.24, 2.45) is 0 Å². The van der Waals surface area contributed by atoms with Crippen molar-refractivity contribution < 1.29 is 9.84 Å². The molecule has 0 aromatic carbocycles. The molecule has 0 radical (unpaired) electrons. The Morgan fingerprint density at radius 3 is 3.00 bits per heavy atom. The molecule has 2 N–H and O–H groups in total. The maximum absolute atomic E-state index is 8.69. The van der Waals surface area contributed by atoms with Gasteiger partial charge < -0.3 is 9.84 Å². The van der Waals surface area contributed by atoms with Gasteiger partial charge in [-0.3, -0.25) is 5.32 Å². The van der Waals surface area contributed by atoms with Crippen LogP contribution in [0.1, 0.15) is 19.8 Å². The standard InChI is InChI=1S/C7H15NO2/c1-2-3-7-8-4-6(5-9)10-7/h6-9H,2-5H2,1H3. The van der Waals surface area contributed by atoms with Gasteiger partial charge in [-0.05, 0) is 6.42 Å². The molecule has 1 rings (SSSR count). The van der Waals surface area contributed by atoms with Crippen molar-refractivity contribution in [2.75, 3.05) is 13.2 Å². The van der Waals surface area contributed by atoms with E-state index in [1.165, 1.54) is 0 Å². The van der Waals surface area contributed by atoms with Crippen LogP contribution in [-0.2, 0) is 4.74 Å². The molecule has 0 spiro atoms. The highest BCUT2D eigenvalue weighted by atomic mass is 16.5. The summed E-state index contributed by atoms with van der Waals surface area (Å²) in [5, 5.41) is 11.9. The van der Waals surface area contributed by atoms with Gasteiger partial charge >= 0.3 is 0 Å². The van der Waals surface area contributed by atoms with E-state index in [4.69, 9.17) is 9.84 Å². The molecule has 2 atom stereocenters. The second-order valence-electron chi connectivity index (χ2n) is 2.63. The first kappa shape index (κ1) is 7.98. The summed E-state index contributed by atoms with van der Waals surface area (Å²) < 4.78 is 5.39. The normalized spacial score (nSPS) is 33.0. The van der Waals surface area contributed by atoms with E-state index in [0.717, 1.165) is 19.4 Å². The molecule has 0 aromatic heterocycles. The van der Waals surface area contributed by atoms with Crippen LogP contribution in [0.25, 0.3) is 0 Å². The smallest absolute Gasteiger partial charge is 0.108 e. The zero-order valence-corrected chi connectivity index (χ0v) is 6.34. The summed E-state index contributed by atoms with van der Waals surface area (Å²) in [6.45, 7) is 3.05. The molecule has 0 aromatic rings. The molecule has 1 heterocycles. The van der Waals surface area contributed by atoms with Gasteiger partial charge in [0.1, 0.15) is 6.23 Å². The predicted octanol–water partition coefficient (Wildman–Crippen LogP) is 0.0933. The number of nitrogens with one attached hydrogen (secondary N) is 1. The lowest BCUT2D eigenvalue weighted by Gasteiger charge is -2.08. The number of ether oxygens (including phenoxy) is 1. The van der Waals surface area contributed by atoms with E-state index in [2.05, 4.69) is 12.2 Å². The van der Waals surface area contributed by atoms with Gasteiger partial charge in [0, 0.05) is 6.54 Å². The van der Waals surface area contributed by atoms with Gasteiger partial charge in [0.15, 0.2) is 0 Å². The molecular weight excluding hydrogens is 130 g/mol. The van der Waals surface area contributed by atoms with E-state index in [1.807, 2.05) is 0 Å². The molecular formula is C7H15NO2. The minimum atomic E-state index is 0.0246. The fourth-order valence-electron chi connectivity index (χ4n) is 1.13. The Balaban J connectivity index is 2.15. The van der Waals surface area contributed by atoms with Gasteiger partial charge in [-0.1, -0.05) is 13.3 Å². The van der Waals surface area contributed by atoms with Gasteiger partial charge in [0.25, 0.3) is 0 Å². The summed E-state index contributed by atoms with van der Waals surface area (Å²) in [7, 11) is 0. The highest BCUT2D eigenvalue weighted by Gasteiger charge is 2.22. The molecule has 1 saturated heterocycles. The zero-order chi connectivity index (χ0) is 7.40. The van der Waals surface area contributed by atoms with Gasteiger partial charge in [-0.2, -0.15) is 0 Å². The minimum Gasteiger partial charge on any atom is -0.394 e. The van der Waals surface area contributed by atoms with Gasteiger partial charge in [-0.25, -0.2) is 0 Å². The van der Waals surface area contributed by atoms with Crippen LogP contribution >= 0.6 is 0 Å². The summed E-state index contributed by atoms with van der Waals surface area (Å²) in [5.41, 5.74) is 0. The summed E-state index contributed by atoms with van der Waals surface area (Å²) in [4.78, 5) is 0. The van der Waals surface area contributed by atoms with E-state index in [-0.39, 0.29) is 18.9 Å². The maximum Gasteiger partial charge on any atom is 0.108 e. The molecule has 3 heteroatoms. The van der Waals surface area contributed by atoms with Crippen LogP contribution in [0.4, 0.5) is 0 Å². The van der Waals surface area contributed by atoms with E-state index in [0.29, 0.717) is 0 Å². The molecule has 60 valence electrons. The van der Waals surface area contributed by atoms with Crippen molar-refractivity contribution >= 4 is 0 Å². The SMILES string of the molecule is CCCC1NCC(CO)O1. The summed E-state index contributed by atoms with van der Waals surface area (Å²) >= 11 is 0. The van der Waals surface area contributed by atoms with Gasteiger partial charge in [0.05, 0.1) is 12.7 Å². The summed E-state index contributed by atoms with van der Waals surface area (Å²) in [5.74, 6) is 0. The predicted molar refractivity (Wildman–Crippen MR) is 38.7 cm³/mol. The van der Waals surface area contributed by atoms with E-state index in [1.54, 1.807) is 0 Å².